The number of aryl methyl sites for hydroxylation is 1. The molecule has 0 unspecified atom stereocenters. The summed E-state index contributed by atoms with van der Waals surface area (Å²) in [6.45, 7) is 1.97. The molecule has 0 atom stereocenters. The zero-order chi connectivity index (χ0) is 8.55. The quantitative estimate of drug-likeness (QED) is 0.659. The fourth-order valence-electron chi connectivity index (χ4n) is 1.30. The van der Waals surface area contributed by atoms with Crippen LogP contribution in [-0.2, 0) is 0 Å². The summed E-state index contributed by atoms with van der Waals surface area (Å²) in [5, 5.41) is 12.1. The molecule has 1 N–H and O–H groups in total. The summed E-state index contributed by atoms with van der Waals surface area (Å²) in [5.74, 6) is 0.882. The van der Waals surface area contributed by atoms with Crippen molar-refractivity contribution in [3.8, 4) is 6.07 Å². The first kappa shape index (κ1) is 7.51. The average Bonchev–Trinajstić information content (AvgIpc) is 2.52. The summed E-state index contributed by atoms with van der Waals surface area (Å²) in [6, 6.07) is 6.25. The number of nitrogens with zero attached hydrogens (tertiary/aromatic N) is 1. The van der Waals surface area contributed by atoms with Crippen molar-refractivity contribution in [2.24, 2.45) is 0 Å². The molecule has 0 bridgehead atoms. The van der Waals surface area contributed by atoms with E-state index in [4.69, 9.17) is 5.26 Å². The summed E-state index contributed by atoms with van der Waals surface area (Å²) < 4.78 is 0. The van der Waals surface area contributed by atoms with Crippen molar-refractivity contribution in [1.82, 2.24) is 0 Å². The molecule has 12 heavy (non-hydrogen) atoms. The number of benzene rings is 1. The first-order valence-corrected chi connectivity index (χ1v) is 4.72. The minimum Gasteiger partial charge on any atom is -0.375 e. The summed E-state index contributed by atoms with van der Waals surface area (Å²) in [5.41, 5.74) is 2.98. The number of nitrogens with one attached hydrogen (secondary N) is 1. The maximum Gasteiger partial charge on any atom is 0.101 e. The molecule has 1 aromatic rings. The molecule has 2 rings (SSSR count). The van der Waals surface area contributed by atoms with Gasteiger partial charge in [0, 0.05) is 5.69 Å². The normalized spacial score (nSPS) is 13.3. The van der Waals surface area contributed by atoms with Crippen molar-refractivity contribution in [3.05, 3.63) is 23.3 Å². The van der Waals surface area contributed by atoms with Crippen LogP contribution in [0.4, 0.5) is 5.69 Å². The average molecular weight is 176 g/mol. The summed E-state index contributed by atoms with van der Waals surface area (Å²) >= 11 is 1.70. The van der Waals surface area contributed by atoms with Crippen molar-refractivity contribution >= 4 is 17.4 Å². The molecule has 1 aliphatic heterocycles. The minimum atomic E-state index is 0.822. The first-order chi connectivity index (χ1) is 5.83. The van der Waals surface area contributed by atoms with Crippen LogP contribution in [0.5, 0.6) is 0 Å². The van der Waals surface area contributed by atoms with E-state index < -0.39 is 0 Å². The van der Waals surface area contributed by atoms with Crippen molar-refractivity contribution in [3.63, 3.8) is 0 Å². The third-order valence-electron chi connectivity index (χ3n) is 1.96. The number of rotatable bonds is 0. The van der Waals surface area contributed by atoms with Gasteiger partial charge in [-0.3, -0.25) is 0 Å². The van der Waals surface area contributed by atoms with E-state index in [2.05, 4.69) is 11.4 Å². The molecular weight excluding hydrogens is 168 g/mol. The van der Waals surface area contributed by atoms with Crippen molar-refractivity contribution in [2.75, 3.05) is 11.2 Å². The van der Waals surface area contributed by atoms with Crippen molar-refractivity contribution in [2.45, 2.75) is 11.8 Å². The zero-order valence-corrected chi connectivity index (χ0v) is 7.53. The second kappa shape index (κ2) is 2.72. The van der Waals surface area contributed by atoms with Crippen molar-refractivity contribution in [1.29, 1.82) is 5.26 Å². The number of anilines is 1. The number of thioether (sulfide) groups is 1. The molecule has 0 radical (unpaired) electrons. The van der Waals surface area contributed by atoms with Gasteiger partial charge in [0.15, 0.2) is 0 Å². The molecule has 0 aromatic heterocycles. The second-order valence-electron chi connectivity index (χ2n) is 2.71. The molecule has 2 nitrogen and oxygen atoms in total. The fraction of sp³-hybridized carbons (Fsp3) is 0.222. The zero-order valence-electron chi connectivity index (χ0n) is 6.72. The fourth-order valence-corrected chi connectivity index (χ4v) is 2.31. The summed E-state index contributed by atoms with van der Waals surface area (Å²) in [4.78, 5) is 1.11. The van der Waals surface area contributed by atoms with E-state index in [1.165, 1.54) is 0 Å². The van der Waals surface area contributed by atoms with Gasteiger partial charge in [0.2, 0.25) is 0 Å². The number of nitriles is 1. The lowest BCUT2D eigenvalue weighted by atomic mass is 10.1. The Labute approximate surface area is 75.6 Å². The van der Waals surface area contributed by atoms with Crippen LogP contribution in [0.25, 0.3) is 0 Å². The highest BCUT2D eigenvalue weighted by atomic mass is 32.2. The molecule has 0 amide bonds. The molecule has 0 saturated carbocycles. The van der Waals surface area contributed by atoms with E-state index in [1.54, 1.807) is 11.8 Å². The molecule has 0 aliphatic carbocycles. The highest BCUT2D eigenvalue weighted by Crippen LogP contribution is 2.37. The van der Waals surface area contributed by atoms with Crippen LogP contribution in [0.2, 0.25) is 0 Å². The lowest BCUT2D eigenvalue weighted by Crippen LogP contribution is -1.89. The maximum absolute atomic E-state index is 8.89. The second-order valence-corrected chi connectivity index (χ2v) is 3.70. The molecular formula is C9H8N2S. The third-order valence-corrected chi connectivity index (χ3v) is 2.96. The first-order valence-electron chi connectivity index (χ1n) is 3.73. The molecule has 0 saturated heterocycles. The van der Waals surface area contributed by atoms with Crippen LogP contribution in [0, 0.1) is 18.3 Å². The van der Waals surface area contributed by atoms with Gasteiger partial charge in [0.1, 0.15) is 6.07 Å². The summed E-state index contributed by atoms with van der Waals surface area (Å²) in [7, 11) is 0. The highest BCUT2D eigenvalue weighted by molar-refractivity contribution is 8.00. The Morgan fingerprint density at radius 3 is 3.17 bits per heavy atom. The molecule has 0 spiro atoms. The standard InChI is InChI=1S/C9H8N2S/c1-6-2-3-8-9(7(6)4-10)12-5-11-8/h2-3,11H,5H2,1H3. The van der Waals surface area contributed by atoms with Gasteiger partial charge in [-0.05, 0) is 18.6 Å². The Kier molecular flexibility index (Phi) is 1.70. The van der Waals surface area contributed by atoms with Crippen LogP contribution in [0.3, 0.4) is 0 Å². The van der Waals surface area contributed by atoms with Gasteiger partial charge in [0.25, 0.3) is 0 Å². The van der Waals surface area contributed by atoms with Gasteiger partial charge < -0.3 is 5.32 Å². The topological polar surface area (TPSA) is 35.8 Å². The van der Waals surface area contributed by atoms with Gasteiger partial charge in [-0.15, -0.1) is 11.8 Å². The highest BCUT2D eigenvalue weighted by Gasteiger charge is 2.15. The predicted octanol–water partition coefficient (Wildman–Crippen LogP) is 2.34. The van der Waals surface area contributed by atoms with Gasteiger partial charge in [0.05, 0.1) is 16.3 Å². The van der Waals surface area contributed by atoms with Crippen LogP contribution >= 0.6 is 11.8 Å². The summed E-state index contributed by atoms with van der Waals surface area (Å²) in [6.07, 6.45) is 0. The Morgan fingerprint density at radius 2 is 2.42 bits per heavy atom. The molecule has 60 valence electrons. The van der Waals surface area contributed by atoms with Gasteiger partial charge >= 0.3 is 0 Å². The molecule has 0 fully saturated rings. The van der Waals surface area contributed by atoms with Gasteiger partial charge in [-0.25, -0.2) is 0 Å². The lowest BCUT2D eigenvalue weighted by molar-refractivity contribution is 1.30. The van der Waals surface area contributed by atoms with Crippen LogP contribution in [-0.4, -0.2) is 5.88 Å². The van der Waals surface area contributed by atoms with E-state index in [0.717, 1.165) is 27.6 Å². The molecule has 1 aliphatic rings. The van der Waals surface area contributed by atoms with E-state index in [0.29, 0.717) is 0 Å². The Bertz CT molecular complexity index is 366. The Morgan fingerprint density at radius 1 is 1.58 bits per heavy atom. The lowest BCUT2D eigenvalue weighted by Gasteiger charge is -2.02. The van der Waals surface area contributed by atoms with Crippen LogP contribution in [0.15, 0.2) is 17.0 Å². The van der Waals surface area contributed by atoms with Crippen LogP contribution < -0.4 is 5.32 Å². The van der Waals surface area contributed by atoms with E-state index in [1.807, 2.05) is 19.1 Å². The van der Waals surface area contributed by atoms with Crippen molar-refractivity contribution < 1.29 is 0 Å². The molecule has 1 heterocycles. The number of fused-ring (bicyclic) bond motifs is 1. The van der Waals surface area contributed by atoms with E-state index in [-0.39, 0.29) is 0 Å². The Hall–Kier alpha value is -1.14. The SMILES string of the molecule is Cc1ccc2c(c1C#N)SCN2. The Balaban J connectivity index is 2.67. The predicted molar refractivity (Wildman–Crippen MR) is 50.2 cm³/mol. The minimum absolute atomic E-state index is 0.822. The van der Waals surface area contributed by atoms with E-state index >= 15 is 0 Å². The smallest absolute Gasteiger partial charge is 0.101 e. The van der Waals surface area contributed by atoms with Gasteiger partial charge in [-0.2, -0.15) is 5.26 Å². The number of hydrogen-bond acceptors (Lipinski definition) is 3. The van der Waals surface area contributed by atoms with Gasteiger partial charge in [-0.1, -0.05) is 6.07 Å². The monoisotopic (exact) mass is 176 g/mol. The molecule has 1 aromatic carbocycles. The third kappa shape index (κ3) is 0.961. The number of hydrogen-bond donors (Lipinski definition) is 1. The molecule has 3 heteroatoms. The van der Waals surface area contributed by atoms with Crippen LogP contribution in [0.1, 0.15) is 11.1 Å². The maximum atomic E-state index is 8.89. The van der Waals surface area contributed by atoms with E-state index in [9.17, 15) is 0 Å². The largest absolute Gasteiger partial charge is 0.375 e.